The summed E-state index contributed by atoms with van der Waals surface area (Å²) in [6, 6.07) is 19.1. The van der Waals surface area contributed by atoms with Crippen molar-refractivity contribution in [2.45, 2.75) is 32.8 Å². The molecular weight excluding hydrogens is 485 g/mol. The number of nitrogens with zero attached hydrogens (tertiary/aromatic N) is 3. The van der Waals surface area contributed by atoms with Crippen LogP contribution in [-0.2, 0) is 6.61 Å². The lowest BCUT2D eigenvalue weighted by Crippen LogP contribution is -2.23. The molecule has 0 bridgehead atoms. The zero-order valence-corrected chi connectivity index (χ0v) is 19.9. The number of aromatic nitrogens is 2. The van der Waals surface area contributed by atoms with Gasteiger partial charge in [0.05, 0.1) is 17.1 Å². The molecule has 0 unspecified atom stereocenters. The van der Waals surface area contributed by atoms with Crippen molar-refractivity contribution in [1.29, 1.82) is 0 Å². The fourth-order valence-corrected chi connectivity index (χ4v) is 3.70. The maximum Gasteiger partial charge on any atom is 0.282 e. The summed E-state index contributed by atoms with van der Waals surface area (Å²) in [7, 11) is 0. The van der Waals surface area contributed by atoms with Crippen LogP contribution >= 0.6 is 15.9 Å². The molecule has 0 N–H and O–H groups in total. The van der Waals surface area contributed by atoms with E-state index < -0.39 is 0 Å². The Bertz CT molecular complexity index is 1370. The molecule has 168 valence electrons. The summed E-state index contributed by atoms with van der Waals surface area (Å²) in [6.45, 7) is 4.41. The van der Waals surface area contributed by atoms with Gasteiger partial charge < -0.3 is 4.74 Å². The highest BCUT2D eigenvalue weighted by atomic mass is 79.9. The van der Waals surface area contributed by atoms with Gasteiger partial charge in [0, 0.05) is 10.4 Å². The van der Waals surface area contributed by atoms with Crippen molar-refractivity contribution in [2.75, 3.05) is 0 Å². The Morgan fingerprint density at radius 3 is 2.70 bits per heavy atom. The molecule has 0 amide bonds. The Balaban J connectivity index is 1.63. The SMILES string of the molecule is CC[C@H](C)c1nc2ccc(Br)cc2c(=O)n1N=Cc1cccc(OCc2ccc(F)cc2)c1. The molecule has 4 rings (SSSR count). The summed E-state index contributed by atoms with van der Waals surface area (Å²) in [5.41, 5.74) is 2.09. The summed E-state index contributed by atoms with van der Waals surface area (Å²) in [6.07, 6.45) is 2.46. The minimum absolute atomic E-state index is 0.0632. The van der Waals surface area contributed by atoms with Crippen LogP contribution < -0.4 is 10.3 Å². The number of benzene rings is 3. The largest absolute Gasteiger partial charge is 0.489 e. The van der Waals surface area contributed by atoms with Crippen molar-refractivity contribution in [1.82, 2.24) is 9.66 Å². The Kier molecular flexibility index (Phi) is 6.99. The molecule has 4 aromatic rings. The number of ether oxygens (including phenoxy) is 1. The Morgan fingerprint density at radius 1 is 1.15 bits per heavy atom. The van der Waals surface area contributed by atoms with Gasteiger partial charge >= 0.3 is 0 Å². The normalized spacial score (nSPS) is 12.4. The topological polar surface area (TPSA) is 56.5 Å². The Morgan fingerprint density at radius 2 is 1.94 bits per heavy atom. The third-order valence-electron chi connectivity index (χ3n) is 5.39. The highest BCUT2D eigenvalue weighted by Crippen LogP contribution is 2.21. The van der Waals surface area contributed by atoms with E-state index in [1.165, 1.54) is 16.8 Å². The fourth-order valence-electron chi connectivity index (χ4n) is 3.34. The predicted molar refractivity (Wildman–Crippen MR) is 133 cm³/mol. The highest BCUT2D eigenvalue weighted by molar-refractivity contribution is 9.10. The average molecular weight is 508 g/mol. The van der Waals surface area contributed by atoms with Crippen molar-refractivity contribution in [2.24, 2.45) is 5.10 Å². The van der Waals surface area contributed by atoms with Crippen molar-refractivity contribution in [3.05, 3.63) is 104 Å². The number of hydrogen-bond donors (Lipinski definition) is 0. The molecule has 3 aromatic carbocycles. The van der Waals surface area contributed by atoms with Crippen LogP contribution in [0.4, 0.5) is 4.39 Å². The van der Waals surface area contributed by atoms with Crippen LogP contribution in [0.15, 0.2) is 81.1 Å². The summed E-state index contributed by atoms with van der Waals surface area (Å²) in [4.78, 5) is 18.0. The minimum Gasteiger partial charge on any atom is -0.489 e. The van der Waals surface area contributed by atoms with Crippen molar-refractivity contribution in [3.63, 3.8) is 0 Å². The number of halogens is 2. The van der Waals surface area contributed by atoms with Gasteiger partial charge in [-0.3, -0.25) is 4.79 Å². The summed E-state index contributed by atoms with van der Waals surface area (Å²) >= 11 is 3.42. The Labute approximate surface area is 199 Å². The maximum atomic E-state index is 13.2. The molecule has 0 aliphatic rings. The van der Waals surface area contributed by atoms with E-state index >= 15 is 0 Å². The number of fused-ring (bicyclic) bond motifs is 1. The van der Waals surface area contributed by atoms with E-state index in [-0.39, 0.29) is 17.3 Å². The monoisotopic (exact) mass is 507 g/mol. The first-order chi connectivity index (χ1) is 15.9. The van der Waals surface area contributed by atoms with Crippen molar-refractivity contribution < 1.29 is 9.13 Å². The first-order valence-electron chi connectivity index (χ1n) is 10.7. The zero-order chi connectivity index (χ0) is 23.4. The van der Waals surface area contributed by atoms with E-state index in [9.17, 15) is 9.18 Å². The second-order valence-electron chi connectivity index (χ2n) is 7.79. The summed E-state index contributed by atoms with van der Waals surface area (Å²) in [5.74, 6) is 1.06. The molecule has 5 nitrogen and oxygen atoms in total. The van der Waals surface area contributed by atoms with Crippen LogP contribution in [0.25, 0.3) is 10.9 Å². The molecule has 0 radical (unpaired) electrons. The molecular formula is C26H23BrFN3O2. The molecule has 0 aliphatic carbocycles. The van der Waals surface area contributed by atoms with Crippen LogP contribution in [0.1, 0.15) is 43.1 Å². The van der Waals surface area contributed by atoms with Crippen molar-refractivity contribution in [3.8, 4) is 5.75 Å². The predicted octanol–water partition coefficient (Wildman–Crippen LogP) is 6.27. The summed E-state index contributed by atoms with van der Waals surface area (Å²) < 4.78 is 21.1. The van der Waals surface area contributed by atoms with E-state index in [0.29, 0.717) is 29.1 Å². The van der Waals surface area contributed by atoms with Crippen LogP contribution in [-0.4, -0.2) is 15.9 Å². The van der Waals surface area contributed by atoms with E-state index in [1.54, 1.807) is 24.4 Å². The smallest absolute Gasteiger partial charge is 0.282 e. The molecule has 0 spiro atoms. The van der Waals surface area contributed by atoms with Gasteiger partial charge in [0.2, 0.25) is 0 Å². The first-order valence-corrected chi connectivity index (χ1v) is 11.5. The van der Waals surface area contributed by atoms with Crippen LogP contribution in [0.3, 0.4) is 0 Å². The molecule has 1 aromatic heterocycles. The van der Waals surface area contributed by atoms with Gasteiger partial charge in [0.15, 0.2) is 0 Å². The molecule has 0 aliphatic heterocycles. The molecule has 0 saturated carbocycles. The highest BCUT2D eigenvalue weighted by Gasteiger charge is 2.15. The van der Waals surface area contributed by atoms with Gasteiger partial charge in [-0.2, -0.15) is 9.78 Å². The lowest BCUT2D eigenvalue weighted by atomic mass is 10.1. The van der Waals surface area contributed by atoms with Gasteiger partial charge in [0.25, 0.3) is 5.56 Å². The molecule has 1 atom stereocenters. The van der Waals surface area contributed by atoms with Gasteiger partial charge in [-0.05, 0) is 60.0 Å². The van der Waals surface area contributed by atoms with Crippen LogP contribution in [0.2, 0.25) is 0 Å². The third kappa shape index (κ3) is 5.37. The maximum absolute atomic E-state index is 13.2. The standard InChI is InChI=1S/C26H23BrFN3O2/c1-3-17(2)25-30-24-12-9-20(27)14-23(24)26(32)31(25)29-15-19-5-4-6-22(13-19)33-16-18-7-10-21(28)11-8-18/h4-15,17H,3,16H2,1-2H3/t17-/m0/s1. The number of rotatable bonds is 7. The van der Waals surface area contributed by atoms with Crippen LogP contribution in [0, 0.1) is 5.82 Å². The van der Waals surface area contributed by atoms with Gasteiger partial charge in [0.1, 0.15) is 24.0 Å². The van der Waals surface area contributed by atoms with E-state index in [2.05, 4.69) is 28.0 Å². The third-order valence-corrected chi connectivity index (χ3v) is 5.88. The lowest BCUT2D eigenvalue weighted by Gasteiger charge is -2.14. The Hall–Kier alpha value is -3.32. The van der Waals surface area contributed by atoms with Gasteiger partial charge in [-0.1, -0.05) is 54.0 Å². The zero-order valence-electron chi connectivity index (χ0n) is 18.3. The van der Waals surface area contributed by atoms with Gasteiger partial charge in [-0.15, -0.1) is 0 Å². The van der Waals surface area contributed by atoms with Crippen molar-refractivity contribution >= 4 is 33.0 Å². The quantitative estimate of drug-likeness (QED) is 0.277. The molecule has 33 heavy (non-hydrogen) atoms. The van der Waals surface area contributed by atoms with Gasteiger partial charge in [-0.25, -0.2) is 9.37 Å². The number of hydrogen-bond acceptors (Lipinski definition) is 4. The summed E-state index contributed by atoms with van der Waals surface area (Å²) in [5, 5.41) is 5.00. The molecule has 0 saturated heterocycles. The van der Waals surface area contributed by atoms with Crippen LogP contribution in [0.5, 0.6) is 5.75 Å². The van der Waals surface area contributed by atoms with E-state index in [0.717, 1.165) is 22.0 Å². The average Bonchev–Trinajstić information content (AvgIpc) is 2.83. The molecule has 7 heteroatoms. The van der Waals surface area contributed by atoms with E-state index in [1.807, 2.05) is 43.3 Å². The molecule has 0 fully saturated rings. The second kappa shape index (κ2) is 10.1. The fraction of sp³-hybridized carbons (Fsp3) is 0.192. The lowest BCUT2D eigenvalue weighted by molar-refractivity contribution is 0.306. The minimum atomic E-state index is -0.278. The first kappa shape index (κ1) is 22.9. The van der Waals surface area contributed by atoms with E-state index in [4.69, 9.17) is 9.72 Å². The second-order valence-corrected chi connectivity index (χ2v) is 8.71. The molecule has 1 heterocycles.